The zero-order valence-electron chi connectivity index (χ0n) is 9.72. The first-order valence-corrected chi connectivity index (χ1v) is 6.40. The molecule has 1 N–H and O–H groups in total. The number of nitrogens with zero attached hydrogens (tertiary/aromatic N) is 2. The van der Waals surface area contributed by atoms with Gasteiger partial charge >= 0.3 is 5.97 Å². The third kappa shape index (κ3) is 3.81. The molecule has 1 atom stereocenters. The quantitative estimate of drug-likeness (QED) is 0.798. The van der Waals surface area contributed by atoms with Crippen molar-refractivity contribution in [2.24, 2.45) is 5.92 Å². The molecule has 0 fully saturated rings. The van der Waals surface area contributed by atoms with E-state index in [0.29, 0.717) is 6.54 Å². The fourth-order valence-corrected chi connectivity index (χ4v) is 2.07. The molecular weight excluding hydrogens is 224 g/mol. The van der Waals surface area contributed by atoms with Gasteiger partial charge in [-0.1, -0.05) is 20.3 Å². The molecule has 16 heavy (non-hydrogen) atoms. The molecule has 1 aromatic rings. The molecule has 0 saturated heterocycles. The van der Waals surface area contributed by atoms with E-state index in [-0.39, 0.29) is 5.92 Å². The molecule has 0 aromatic carbocycles. The van der Waals surface area contributed by atoms with Gasteiger partial charge in [0.15, 0.2) is 5.13 Å². The number of aromatic nitrogens is 1. The molecule has 1 rings (SSSR count). The number of carbonyl (C=O) groups is 1. The van der Waals surface area contributed by atoms with Crippen LogP contribution in [-0.2, 0) is 4.79 Å². The van der Waals surface area contributed by atoms with Gasteiger partial charge in [0.2, 0.25) is 0 Å². The molecule has 90 valence electrons. The molecule has 0 aliphatic heterocycles. The molecule has 0 saturated carbocycles. The monoisotopic (exact) mass is 242 g/mol. The summed E-state index contributed by atoms with van der Waals surface area (Å²) < 4.78 is 0. The molecule has 1 unspecified atom stereocenters. The van der Waals surface area contributed by atoms with Crippen molar-refractivity contribution >= 4 is 22.4 Å². The fraction of sp³-hybridized carbons (Fsp3) is 0.636. The van der Waals surface area contributed by atoms with E-state index < -0.39 is 5.97 Å². The first kappa shape index (κ1) is 13.0. The van der Waals surface area contributed by atoms with Crippen LogP contribution in [0.3, 0.4) is 0 Å². The van der Waals surface area contributed by atoms with E-state index in [9.17, 15) is 4.79 Å². The molecule has 0 radical (unpaired) electrons. The molecule has 0 bridgehead atoms. The number of aliphatic carboxylic acids is 1. The largest absolute Gasteiger partial charge is 0.481 e. The fourth-order valence-electron chi connectivity index (χ4n) is 1.39. The van der Waals surface area contributed by atoms with Crippen molar-refractivity contribution in [2.75, 3.05) is 18.0 Å². The van der Waals surface area contributed by atoms with Crippen LogP contribution in [-0.4, -0.2) is 29.1 Å². The number of anilines is 1. The summed E-state index contributed by atoms with van der Waals surface area (Å²) in [6.07, 6.45) is 3.92. The van der Waals surface area contributed by atoms with E-state index in [4.69, 9.17) is 5.11 Å². The Morgan fingerprint density at radius 1 is 1.69 bits per heavy atom. The smallest absolute Gasteiger partial charge is 0.308 e. The maximum Gasteiger partial charge on any atom is 0.308 e. The molecular formula is C11H18N2O2S. The number of hydrogen-bond acceptors (Lipinski definition) is 4. The normalized spacial score (nSPS) is 12.4. The molecule has 1 aromatic heterocycles. The van der Waals surface area contributed by atoms with Crippen molar-refractivity contribution < 1.29 is 9.90 Å². The Hall–Kier alpha value is -1.10. The predicted octanol–water partition coefficient (Wildman–Crippen LogP) is 2.47. The molecule has 4 nitrogen and oxygen atoms in total. The van der Waals surface area contributed by atoms with Crippen LogP contribution >= 0.6 is 11.3 Å². The summed E-state index contributed by atoms with van der Waals surface area (Å²) >= 11 is 1.56. The third-order valence-corrected chi connectivity index (χ3v) is 3.22. The Morgan fingerprint density at radius 2 is 2.44 bits per heavy atom. The zero-order chi connectivity index (χ0) is 12.0. The summed E-state index contributed by atoms with van der Waals surface area (Å²) in [5, 5.41) is 11.7. The highest BCUT2D eigenvalue weighted by atomic mass is 32.1. The second-order valence-electron chi connectivity index (χ2n) is 3.85. The summed E-state index contributed by atoms with van der Waals surface area (Å²) in [5.41, 5.74) is 0. The third-order valence-electron chi connectivity index (χ3n) is 2.39. The van der Waals surface area contributed by atoms with Gasteiger partial charge in [-0.2, -0.15) is 0 Å². The van der Waals surface area contributed by atoms with E-state index >= 15 is 0 Å². The van der Waals surface area contributed by atoms with Gasteiger partial charge in [-0.05, 0) is 6.42 Å². The van der Waals surface area contributed by atoms with Crippen molar-refractivity contribution in [2.45, 2.75) is 26.7 Å². The highest BCUT2D eigenvalue weighted by Crippen LogP contribution is 2.19. The van der Waals surface area contributed by atoms with Crippen molar-refractivity contribution in [1.29, 1.82) is 0 Å². The number of hydrogen-bond donors (Lipinski definition) is 1. The van der Waals surface area contributed by atoms with Crippen LogP contribution in [0.5, 0.6) is 0 Å². The second kappa shape index (κ2) is 6.48. The maximum atomic E-state index is 10.8. The van der Waals surface area contributed by atoms with E-state index in [1.165, 1.54) is 0 Å². The summed E-state index contributed by atoms with van der Waals surface area (Å²) in [6, 6.07) is 0. The lowest BCUT2D eigenvalue weighted by molar-refractivity contribution is -0.140. The van der Waals surface area contributed by atoms with Crippen LogP contribution in [0.25, 0.3) is 0 Å². The predicted molar refractivity (Wildman–Crippen MR) is 66.0 cm³/mol. The van der Waals surface area contributed by atoms with Crippen molar-refractivity contribution in [3.63, 3.8) is 0 Å². The zero-order valence-corrected chi connectivity index (χ0v) is 10.5. The maximum absolute atomic E-state index is 10.8. The minimum atomic E-state index is -0.752. The van der Waals surface area contributed by atoms with E-state index in [1.807, 2.05) is 5.38 Å². The van der Waals surface area contributed by atoms with Gasteiger partial charge in [0, 0.05) is 24.7 Å². The molecule has 1 heterocycles. The van der Waals surface area contributed by atoms with E-state index in [0.717, 1.165) is 24.5 Å². The number of rotatable bonds is 7. The summed E-state index contributed by atoms with van der Waals surface area (Å²) in [5.74, 6) is -1.11. The SMILES string of the molecule is CCCCN(CC(C)C(=O)O)c1nccs1. The number of thiazole rings is 1. The van der Waals surface area contributed by atoms with Crippen LogP contribution in [0.15, 0.2) is 11.6 Å². The Morgan fingerprint density at radius 3 is 2.94 bits per heavy atom. The van der Waals surface area contributed by atoms with Crippen molar-refractivity contribution in [3.8, 4) is 0 Å². The lowest BCUT2D eigenvalue weighted by atomic mass is 10.1. The second-order valence-corrected chi connectivity index (χ2v) is 4.73. The van der Waals surface area contributed by atoms with Gasteiger partial charge in [0.1, 0.15) is 0 Å². The molecule has 0 aliphatic rings. The minimum Gasteiger partial charge on any atom is -0.481 e. The van der Waals surface area contributed by atoms with Crippen molar-refractivity contribution in [1.82, 2.24) is 4.98 Å². The molecule has 0 spiro atoms. The Bertz CT molecular complexity index is 314. The highest BCUT2D eigenvalue weighted by Gasteiger charge is 2.17. The average Bonchev–Trinajstić information content (AvgIpc) is 2.76. The lowest BCUT2D eigenvalue weighted by Crippen LogP contribution is -2.32. The molecule has 5 heteroatoms. The van der Waals surface area contributed by atoms with Crippen molar-refractivity contribution in [3.05, 3.63) is 11.6 Å². The highest BCUT2D eigenvalue weighted by molar-refractivity contribution is 7.13. The topological polar surface area (TPSA) is 53.4 Å². The van der Waals surface area contributed by atoms with Crippen LogP contribution in [0.4, 0.5) is 5.13 Å². The number of carboxylic acid groups (broad SMARTS) is 1. The number of unbranched alkanes of at least 4 members (excludes halogenated alkanes) is 1. The van der Waals surface area contributed by atoms with Gasteiger partial charge in [0.25, 0.3) is 0 Å². The van der Waals surface area contributed by atoms with Crippen LogP contribution < -0.4 is 4.90 Å². The van der Waals surface area contributed by atoms with Gasteiger partial charge in [-0.25, -0.2) is 4.98 Å². The van der Waals surface area contributed by atoms with Crippen LogP contribution in [0.1, 0.15) is 26.7 Å². The Balaban J connectivity index is 2.61. The van der Waals surface area contributed by atoms with E-state index in [2.05, 4.69) is 16.8 Å². The molecule has 0 aliphatic carbocycles. The van der Waals surface area contributed by atoms with Gasteiger partial charge < -0.3 is 10.0 Å². The van der Waals surface area contributed by atoms with Crippen LogP contribution in [0, 0.1) is 5.92 Å². The first-order valence-electron chi connectivity index (χ1n) is 5.52. The summed E-state index contributed by atoms with van der Waals surface area (Å²) in [7, 11) is 0. The minimum absolute atomic E-state index is 0.360. The standard InChI is InChI=1S/C11H18N2O2S/c1-3-4-6-13(8-9(2)10(14)15)11-12-5-7-16-11/h5,7,9H,3-4,6,8H2,1-2H3,(H,14,15). The average molecular weight is 242 g/mol. The van der Waals surface area contributed by atoms with Gasteiger partial charge in [-0.15, -0.1) is 11.3 Å². The van der Waals surface area contributed by atoms with E-state index in [1.54, 1.807) is 24.5 Å². The summed E-state index contributed by atoms with van der Waals surface area (Å²) in [6.45, 7) is 5.26. The summed E-state index contributed by atoms with van der Waals surface area (Å²) in [4.78, 5) is 17.1. The molecule has 0 amide bonds. The number of carboxylic acids is 1. The van der Waals surface area contributed by atoms with Crippen LogP contribution in [0.2, 0.25) is 0 Å². The van der Waals surface area contributed by atoms with Gasteiger partial charge in [-0.3, -0.25) is 4.79 Å². The lowest BCUT2D eigenvalue weighted by Gasteiger charge is -2.23. The first-order chi connectivity index (χ1) is 7.65. The Labute approximate surface area is 99.9 Å². The Kier molecular flexibility index (Phi) is 5.25. The van der Waals surface area contributed by atoms with Gasteiger partial charge in [0.05, 0.1) is 5.92 Å².